The summed E-state index contributed by atoms with van der Waals surface area (Å²) in [4.78, 5) is 27.1. The van der Waals surface area contributed by atoms with Gasteiger partial charge in [-0.3, -0.25) is 4.90 Å². The lowest BCUT2D eigenvalue weighted by molar-refractivity contribution is 0.0575. The predicted molar refractivity (Wildman–Crippen MR) is 208 cm³/mol. The van der Waals surface area contributed by atoms with Crippen LogP contribution in [0.15, 0.2) is 30.5 Å². The maximum atomic E-state index is 13.6. The number of anilines is 3. The van der Waals surface area contributed by atoms with Crippen LogP contribution in [-0.2, 0) is 25.9 Å². The Kier molecular flexibility index (Phi) is 11.8. The summed E-state index contributed by atoms with van der Waals surface area (Å²) in [6, 6.07) is 9.77. The van der Waals surface area contributed by atoms with Crippen LogP contribution in [0, 0.1) is 17.2 Å². The van der Waals surface area contributed by atoms with Crippen LogP contribution in [0.4, 0.5) is 22.2 Å². The van der Waals surface area contributed by atoms with E-state index in [0.29, 0.717) is 52.9 Å². The second-order valence-electron chi connectivity index (χ2n) is 16.9. The van der Waals surface area contributed by atoms with Gasteiger partial charge >= 0.3 is 6.09 Å². The first-order chi connectivity index (χ1) is 24.3. The summed E-state index contributed by atoms with van der Waals surface area (Å²) in [5.41, 5.74) is 1.81. The monoisotopic (exact) mass is 750 g/mol. The summed E-state index contributed by atoms with van der Waals surface area (Å²) in [6.45, 7) is 23.8. The Hall–Kier alpha value is -3.54. The van der Waals surface area contributed by atoms with Crippen LogP contribution in [0.2, 0.25) is 23.3 Å². The number of halogens is 1. The highest BCUT2D eigenvalue weighted by Gasteiger charge is 2.47. The molecule has 2 aliphatic rings. The molecule has 52 heavy (non-hydrogen) atoms. The molecule has 1 fully saturated rings. The maximum Gasteiger partial charge on any atom is 0.414 e. The molecule has 0 saturated carbocycles. The van der Waals surface area contributed by atoms with E-state index < -0.39 is 25.4 Å². The minimum Gasteiger partial charge on any atom is -0.443 e. The van der Waals surface area contributed by atoms with Crippen LogP contribution in [0.3, 0.4) is 0 Å². The highest BCUT2D eigenvalue weighted by molar-refractivity contribution is 6.74. The first kappa shape index (κ1) is 39.7. The molecule has 1 N–H and O–H groups in total. The van der Waals surface area contributed by atoms with Gasteiger partial charge in [-0.05, 0) is 94.5 Å². The zero-order valence-electron chi connectivity index (χ0n) is 32.5. The lowest BCUT2D eigenvalue weighted by Gasteiger charge is -2.39. The summed E-state index contributed by atoms with van der Waals surface area (Å²) in [6.07, 6.45) is 3.33. The molecule has 1 aromatic carbocycles. The lowest BCUT2D eigenvalue weighted by Crippen LogP contribution is -2.46. The molecule has 0 aliphatic carbocycles. The van der Waals surface area contributed by atoms with Gasteiger partial charge in [-0.2, -0.15) is 10.4 Å². The molecule has 282 valence electrons. The van der Waals surface area contributed by atoms with Crippen molar-refractivity contribution in [1.82, 2.24) is 24.6 Å². The van der Waals surface area contributed by atoms with Gasteiger partial charge in [-0.15, -0.1) is 0 Å². The van der Waals surface area contributed by atoms with E-state index in [1.54, 1.807) is 30.3 Å². The van der Waals surface area contributed by atoms with Crippen molar-refractivity contribution in [2.24, 2.45) is 5.92 Å². The molecular weight excluding hydrogens is 696 g/mol. The predicted octanol–water partition coefficient (Wildman–Crippen LogP) is 8.00. The van der Waals surface area contributed by atoms with E-state index in [4.69, 9.17) is 30.5 Å². The van der Waals surface area contributed by atoms with Crippen molar-refractivity contribution in [2.75, 3.05) is 56.7 Å². The molecule has 0 unspecified atom stereocenters. The van der Waals surface area contributed by atoms with Crippen molar-refractivity contribution in [3.8, 4) is 17.3 Å². The van der Waals surface area contributed by atoms with Crippen molar-refractivity contribution < 1.29 is 18.7 Å². The Bertz CT molecular complexity index is 1790. The quantitative estimate of drug-likeness (QED) is 0.192. The van der Waals surface area contributed by atoms with E-state index in [1.807, 2.05) is 37.6 Å². The van der Waals surface area contributed by atoms with Gasteiger partial charge in [0.25, 0.3) is 0 Å². The van der Waals surface area contributed by atoms with E-state index >= 15 is 0 Å². The molecule has 1 saturated heterocycles. The number of carbonyl (C=O) groups excluding carboxylic acids is 1. The van der Waals surface area contributed by atoms with Crippen LogP contribution in [-0.4, -0.2) is 91.2 Å². The Morgan fingerprint density at radius 2 is 1.87 bits per heavy atom. The third kappa shape index (κ3) is 9.14. The number of fused-ring (bicyclic) bond motifs is 1. The van der Waals surface area contributed by atoms with Crippen molar-refractivity contribution in [3.63, 3.8) is 0 Å². The minimum absolute atomic E-state index is 0.000957. The largest absolute Gasteiger partial charge is 0.443 e. The molecule has 14 heteroatoms. The number of benzene rings is 1. The Morgan fingerprint density at radius 3 is 2.50 bits per heavy atom. The number of hydrogen-bond donors (Lipinski definition) is 1. The number of carbonyl (C=O) groups is 1. The number of methoxy groups -OCH3 is 1. The molecule has 5 rings (SSSR count). The number of amides is 1. The summed E-state index contributed by atoms with van der Waals surface area (Å²) in [7, 11) is -0.412. The second-order valence-corrected chi connectivity index (χ2v) is 22.1. The average Bonchev–Trinajstić information content (AvgIpc) is 3.57. The van der Waals surface area contributed by atoms with Gasteiger partial charge in [0.2, 0.25) is 5.95 Å². The van der Waals surface area contributed by atoms with Crippen molar-refractivity contribution in [2.45, 2.75) is 97.0 Å². The smallest absolute Gasteiger partial charge is 0.414 e. The lowest BCUT2D eigenvalue weighted by atomic mass is 9.83. The molecule has 0 spiro atoms. The molecule has 3 aromatic rings. The summed E-state index contributed by atoms with van der Waals surface area (Å²) in [5.74, 6) is 1.55. The zero-order valence-corrected chi connectivity index (χ0v) is 34.2. The summed E-state index contributed by atoms with van der Waals surface area (Å²) in [5, 5.41) is 18.8. The number of nitrogens with zero attached hydrogens (tertiary/aromatic N) is 7. The van der Waals surface area contributed by atoms with E-state index in [1.165, 1.54) is 0 Å². The molecular formula is C38H55ClN8O4Si. The standard InChI is InChI=1S/C38H55ClN8O4Si/c1-36(2,3)51-35(48)46-24-38(7,25-50-52(9,10)37(4,5)6)29-20-27(19-28(22-40)33(29)46)30-11-14-41-34(42-30)43-32-21-31(39)44-47(32)23-26-12-15-45(16-13-26)17-18-49-8/h11,14,19-21,26H,12-13,15-18,23-25H2,1-10H3,(H,41,42,43)/t38-/m1/s1. The average molecular weight is 751 g/mol. The zero-order chi connectivity index (χ0) is 38.1. The summed E-state index contributed by atoms with van der Waals surface area (Å²) < 4.78 is 19.8. The first-order valence-electron chi connectivity index (χ1n) is 18.1. The second kappa shape index (κ2) is 15.4. The molecule has 2 aliphatic heterocycles. The molecule has 0 bridgehead atoms. The molecule has 2 aromatic heterocycles. The number of piperidine rings is 1. The highest BCUT2D eigenvalue weighted by Crippen LogP contribution is 2.47. The Labute approximate surface area is 314 Å². The van der Waals surface area contributed by atoms with Gasteiger partial charge in [0.15, 0.2) is 13.5 Å². The summed E-state index contributed by atoms with van der Waals surface area (Å²) >= 11 is 6.41. The molecule has 1 amide bonds. The Balaban J connectivity index is 1.44. The van der Waals surface area contributed by atoms with Crippen LogP contribution >= 0.6 is 11.6 Å². The number of ether oxygens (including phenoxy) is 2. The number of rotatable bonds is 11. The first-order valence-corrected chi connectivity index (χ1v) is 21.4. The number of likely N-dealkylation sites (tertiary alicyclic amines) is 1. The minimum atomic E-state index is -2.15. The topological polar surface area (TPSA) is 131 Å². The number of nitrogens with one attached hydrogen (secondary N) is 1. The third-order valence-electron chi connectivity index (χ3n) is 10.5. The fourth-order valence-electron chi connectivity index (χ4n) is 6.46. The van der Waals surface area contributed by atoms with Crippen LogP contribution in [0.5, 0.6) is 0 Å². The van der Waals surface area contributed by atoms with Crippen LogP contribution in [0.25, 0.3) is 11.3 Å². The highest BCUT2D eigenvalue weighted by atomic mass is 35.5. The molecule has 0 radical (unpaired) electrons. The molecule has 1 atom stereocenters. The fraction of sp³-hybridized carbons (Fsp3) is 0.605. The van der Waals surface area contributed by atoms with E-state index in [2.05, 4.69) is 67.2 Å². The van der Waals surface area contributed by atoms with E-state index in [9.17, 15) is 10.1 Å². The van der Waals surface area contributed by atoms with Crippen molar-refractivity contribution in [1.29, 1.82) is 5.26 Å². The molecule has 12 nitrogen and oxygen atoms in total. The van der Waals surface area contributed by atoms with Crippen LogP contribution < -0.4 is 10.2 Å². The van der Waals surface area contributed by atoms with Crippen molar-refractivity contribution >= 4 is 43.5 Å². The van der Waals surface area contributed by atoms with Gasteiger partial charge in [-0.25, -0.2) is 19.4 Å². The van der Waals surface area contributed by atoms with Gasteiger partial charge in [0.05, 0.1) is 23.6 Å². The number of hydrogen-bond acceptors (Lipinski definition) is 10. The SMILES string of the molecule is COCCN1CCC(Cn2nc(Cl)cc2Nc2nccc(-c3cc(C#N)c4c(c3)[C@@](C)(CO[Si](C)(C)C(C)(C)C)CN4C(=O)OC(C)(C)C)n2)CC1. The molecule has 4 heterocycles. The van der Waals surface area contributed by atoms with Gasteiger partial charge in [0.1, 0.15) is 17.5 Å². The Morgan fingerprint density at radius 1 is 1.15 bits per heavy atom. The normalized spacial score (nSPS) is 18.7. The van der Waals surface area contributed by atoms with Gasteiger partial charge in [0, 0.05) is 56.6 Å². The fourth-order valence-corrected chi connectivity index (χ4v) is 7.77. The number of nitriles is 1. The van der Waals surface area contributed by atoms with E-state index in [-0.39, 0.29) is 5.04 Å². The van der Waals surface area contributed by atoms with Gasteiger partial charge in [-0.1, -0.05) is 39.3 Å². The van der Waals surface area contributed by atoms with Crippen LogP contribution in [0.1, 0.15) is 72.4 Å². The van der Waals surface area contributed by atoms with Gasteiger partial charge < -0.3 is 24.1 Å². The maximum absolute atomic E-state index is 13.6. The number of aromatic nitrogens is 4. The third-order valence-corrected chi connectivity index (χ3v) is 15.2. The van der Waals surface area contributed by atoms with Crippen molar-refractivity contribution in [3.05, 3.63) is 46.7 Å². The van der Waals surface area contributed by atoms with E-state index in [0.717, 1.165) is 56.8 Å².